The van der Waals surface area contributed by atoms with E-state index in [9.17, 15) is 19.1 Å². The summed E-state index contributed by atoms with van der Waals surface area (Å²) in [5, 5.41) is 21.3. The van der Waals surface area contributed by atoms with Gasteiger partial charge >= 0.3 is 11.9 Å². The van der Waals surface area contributed by atoms with Gasteiger partial charge in [-0.2, -0.15) is 0 Å². The van der Waals surface area contributed by atoms with Gasteiger partial charge in [-0.15, -0.1) is 0 Å². The molecule has 6 heteroatoms. The van der Waals surface area contributed by atoms with Crippen LogP contribution in [0, 0.1) is 19.7 Å². The maximum atomic E-state index is 13.1. The van der Waals surface area contributed by atoms with Crippen molar-refractivity contribution in [2.75, 3.05) is 5.32 Å². The fraction of sp³-hybridized carbons (Fsp3) is 0.167. The molecule has 0 bridgehead atoms. The van der Waals surface area contributed by atoms with E-state index in [4.69, 9.17) is 5.11 Å². The molecule has 3 rings (SSSR count). The molecule has 0 aliphatic rings. The average Bonchev–Trinajstić information content (AvgIpc) is 2.68. The maximum Gasteiger partial charge on any atom is 0.394 e. The molecule has 0 aromatic heterocycles. The monoisotopic (exact) mass is 407 g/mol. The molecule has 3 aromatic rings. The number of phenols is 1. The summed E-state index contributed by atoms with van der Waals surface area (Å²) in [6, 6.07) is 15.1. The van der Waals surface area contributed by atoms with E-state index in [2.05, 4.69) is 5.32 Å². The van der Waals surface area contributed by atoms with Crippen LogP contribution in [0.4, 0.5) is 10.1 Å². The minimum atomic E-state index is -1.54. The second kappa shape index (κ2) is 8.78. The van der Waals surface area contributed by atoms with Gasteiger partial charge in [0.15, 0.2) is 0 Å². The Morgan fingerprint density at radius 3 is 2.10 bits per heavy atom. The van der Waals surface area contributed by atoms with Gasteiger partial charge in [0.25, 0.3) is 0 Å². The molecular formula is C24H22FNO4. The number of rotatable bonds is 5. The summed E-state index contributed by atoms with van der Waals surface area (Å²) >= 11 is 0. The maximum absolute atomic E-state index is 13.1. The zero-order valence-electron chi connectivity index (χ0n) is 16.7. The van der Waals surface area contributed by atoms with Crippen molar-refractivity contribution >= 4 is 17.6 Å². The molecule has 0 unspecified atom stereocenters. The summed E-state index contributed by atoms with van der Waals surface area (Å²) in [5.41, 5.74) is 5.98. The Hall–Kier alpha value is -3.67. The van der Waals surface area contributed by atoms with Crippen LogP contribution in [0.2, 0.25) is 0 Å². The molecule has 0 fully saturated rings. The molecule has 0 aliphatic carbocycles. The average molecular weight is 407 g/mol. The first-order chi connectivity index (χ1) is 14.2. The van der Waals surface area contributed by atoms with Gasteiger partial charge < -0.3 is 15.5 Å². The summed E-state index contributed by atoms with van der Waals surface area (Å²) in [6.07, 6.45) is 1.10. The zero-order chi connectivity index (χ0) is 21.8. The lowest BCUT2D eigenvalue weighted by atomic mass is 9.93. The predicted octanol–water partition coefficient (Wildman–Crippen LogP) is 4.35. The number of aryl methyl sites for hydroxylation is 2. The Morgan fingerprint density at radius 1 is 0.900 bits per heavy atom. The summed E-state index contributed by atoms with van der Waals surface area (Å²) in [7, 11) is 0. The number of carbonyl (C=O) groups excluding carboxylic acids is 1. The highest BCUT2D eigenvalue weighted by Gasteiger charge is 2.14. The Kier molecular flexibility index (Phi) is 6.16. The number of carboxylic acids is 1. The van der Waals surface area contributed by atoms with Crippen LogP contribution < -0.4 is 5.32 Å². The number of carboxylic acid groups (broad SMARTS) is 1. The Morgan fingerprint density at radius 2 is 1.50 bits per heavy atom. The van der Waals surface area contributed by atoms with Crippen molar-refractivity contribution in [3.05, 3.63) is 93.8 Å². The Balaban J connectivity index is 1.83. The number of phenolic OH excluding ortho intramolecular Hbond substituents is 1. The van der Waals surface area contributed by atoms with Gasteiger partial charge in [0.2, 0.25) is 0 Å². The van der Waals surface area contributed by atoms with E-state index >= 15 is 0 Å². The van der Waals surface area contributed by atoms with Crippen LogP contribution in [0.1, 0.15) is 33.4 Å². The van der Waals surface area contributed by atoms with Gasteiger partial charge in [0.05, 0.1) is 0 Å². The Bertz CT molecular complexity index is 1080. The lowest BCUT2D eigenvalue weighted by Gasteiger charge is -2.14. The fourth-order valence-electron chi connectivity index (χ4n) is 3.45. The smallest absolute Gasteiger partial charge is 0.394 e. The molecule has 0 radical (unpaired) electrons. The Labute approximate surface area is 173 Å². The topological polar surface area (TPSA) is 86.6 Å². The van der Waals surface area contributed by atoms with Gasteiger partial charge in [-0.1, -0.05) is 24.3 Å². The number of amides is 1. The van der Waals surface area contributed by atoms with Crippen LogP contribution in [-0.2, 0) is 22.4 Å². The molecule has 154 valence electrons. The third kappa shape index (κ3) is 5.03. The number of benzene rings is 3. The van der Waals surface area contributed by atoms with E-state index in [-0.39, 0.29) is 11.6 Å². The van der Waals surface area contributed by atoms with Gasteiger partial charge in [0.1, 0.15) is 11.6 Å². The SMILES string of the molecule is Cc1cc(NC(=O)C(=O)O)cc(C)c1Cc1ccc(O)c(Cc2ccc(F)cc2)c1. The van der Waals surface area contributed by atoms with E-state index in [1.54, 1.807) is 30.3 Å². The largest absolute Gasteiger partial charge is 0.508 e. The molecule has 5 nitrogen and oxygen atoms in total. The molecule has 1 amide bonds. The zero-order valence-corrected chi connectivity index (χ0v) is 16.7. The van der Waals surface area contributed by atoms with Crippen LogP contribution >= 0.6 is 0 Å². The fourth-order valence-corrected chi connectivity index (χ4v) is 3.45. The second-order valence-corrected chi connectivity index (χ2v) is 7.29. The molecule has 3 N–H and O–H groups in total. The van der Waals surface area contributed by atoms with Crippen LogP contribution in [-0.4, -0.2) is 22.1 Å². The van der Waals surface area contributed by atoms with Crippen molar-refractivity contribution in [3.63, 3.8) is 0 Å². The summed E-state index contributed by atoms with van der Waals surface area (Å²) in [6.45, 7) is 3.80. The van der Waals surface area contributed by atoms with Crippen LogP contribution in [0.3, 0.4) is 0 Å². The molecule has 0 aliphatic heterocycles. The van der Waals surface area contributed by atoms with E-state index in [1.807, 2.05) is 26.0 Å². The van der Waals surface area contributed by atoms with Gasteiger partial charge in [-0.25, -0.2) is 9.18 Å². The molecule has 3 aromatic carbocycles. The molecule has 0 saturated carbocycles. The molecule has 0 heterocycles. The predicted molar refractivity (Wildman–Crippen MR) is 112 cm³/mol. The van der Waals surface area contributed by atoms with Crippen LogP contribution in [0.15, 0.2) is 54.6 Å². The number of nitrogens with one attached hydrogen (secondary N) is 1. The minimum absolute atomic E-state index is 0.184. The quantitative estimate of drug-likeness (QED) is 0.549. The van der Waals surface area contributed by atoms with Gasteiger partial charge in [0, 0.05) is 12.1 Å². The number of aliphatic carboxylic acids is 1. The van der Waals surface area contributed by atoms with E-state index in [0.717, 1.165) is 33.4 Å². The van der Waals surface area contributed by atoms with Crippen molar-refractivity contribution in [1.29, 1.82) is 0 Å². The van der Waals surface area contributed by atoms with Crippen LogP contribution in [0.25, 0.3) is 0 Å². The highest BCUT2D eigenvalue weighted by atomic mass is 19.1. The molecular weight excluding hydrogens is 385 g/mol. The number of hydrogen-bond acceptors (Lipinski definition) is 3. The molecule has 0 atom stereocenters. The van der Waals surface area contributed by atoms with Crippen LogP contribution in [0.5, 0.6) is 5.75 Å². The summed E-state index contributed by atoms with van der Waals surface area (Å²) in [4.78, 5) is 22.1. The number of halogens is 1. The van der Waals surface area contributed by atoms with Crippen molar-refractivity contribution < 1.29 is 24.2 Å². The van der Waals surface area contributed by atoms with E-state index < -0.39 is 11.9 Å². The highest BCUT2D eigenvalue weighted by Crippen LogP contribution is 2.27. The van der Waals surface area contributed by atoms with E-state index in [0.29, 0.717) is 18.5 Å². The van der Waals surface area contributed by atoms with Crippen molar-refractivity contribution in [2.45, 2.75) is 26.7 Å². The highest BCUT2D eigenvalue weighted by molar-refractivity contribution is 6.36. The first kappa shape index (κ1) is 21.0. The molecule has 30 heavy (non-hydrogen) atoms. The third-order valence-electron chi connectivity index (χ3n) is 4.98. The lowest BCUT2D eigenvalue weighted by Crippen LogP contribution is -2.22. The van der Waals surface area contributed by atoms with Crippen molar-refractivity contribution in [1.82, 2.24) is 0 Å². The number of carbonyl (C=O) groups is 2. The molecule has 0 saturated heterocycles. The number of hydrogen-bond donors (Lipinski definition) is 3. The van der Waals surface area contributed by atoms with Gasteiger partial charge in [-0.05, 0) is 84.0 Å². The van der Waals surface area contributed by atoms with Crippen molar-refractivity contribution in [2.24, 2.45) is 0 Å². The first-order valence-electron chi connectivity index (χ1n) is 9.42. The second-order valence-electron chi connectivity index (χ2n) is 7.29. The van der Waals surface area contributed by atoms with Gasteiger partial charge in [-0.3, -0.25) is 4.79 Å². The standard InChI is InChI=1S/C24H22FNO4/c1-14-9-20(26-23(28)24(29)30)10-15(2)21(14)13-17-5-8-22(27)18(12-17)11-16-3-6-19(25)7-4-16/h3-10,12,27H,11,13H2,1-2H3,(H,26,28)(H,29,30). The van der Waals surface area contributed by atoms with Crippen molar-refractivity contribution in [3.8, 4) is 5.75 Å². The lowest BCUT2D eigenvalue weighted by molar-refractivity contribution is -0.147. The number of aromatic hydroxyl groups is 1. The molecule has 0 spiro atoms. The minimum Gasteiger partial charge on any atom is -0.508 e. The normalized spacial score (nSPS) is 10.6. The third-order valence-corrected chi connectivity index (χ3v) is 4.98. The summed E-state index contributed by atoms with van der Waals surface area (Å²) in [5.74, 6) is -2.73. The summed E-state index contributed by atoms with van der Waals surface area (Å²) < 4.78 is 13.1. The van der Waals surface area contributed by atoms with E-state index in [1.165, 1.54) is 12.1 Å². The number of anilines is 1. The first-order valence-corrected chi connectivity index (χ1v) is 9.42.